The normalized spacial score (nSPS) is 27.2. The third-order valence-electron chi connectivity index (χ3n) is 10.7. The fourth-order valence-electron chi connectivity index (χ4n) is 8.42. The number of benzene rings is 1. The van der Waals surface area contributed by atoms with Crippen LogP contribution in [0.25, 0.3) is 11.3 Å². The molecule has 0 bridgehead atoms. The number of rotatable bonds is 11. The summed E-state index contributed by atoms with van der Waals surface area (Å²) < 4.78 is 13.8. The molecule has 240 valence electrons. The molecule has 0 aliphatic heterocycles. The Hall–Kier alpha value is -2.83. The van der Waals surface area contributed by atoms with E-state index in [9.17, 15) is 9.50 Å². The van der Waals surface area contributed by atoms with E-state index in [0.717, 1.165) is 85.9 Å². The zero-order valence-electron chi connectivity index (χ0n) is 28.0. The summed E-state index contributed by atoms with van der Waals surface area (Å²) in [6.45, 7) is 15.4. The maximum atomic E-state index is 13.8. The van der Waals surface area contributed by atoms with Crippen molar-refractivity contribution in [2.45, 2.75) is 117 Å². The van der Waals surface area contributed by atoms with E-state index in [2.05, 4.69) is 52.8 Å². The van der Waals surface area contributed by atoms with Crippen molar-refractivity contribution in [1.82, 2.24) is 9.97 Å². The third-order valence-corrected chi connectivity index (χ3v) is 10.7. The maximum Gasteiger partial charge on any atom is 0.220 e. The van der Waals surface area contributed by atoms with Gasteiger partial charge in [-0.1, -0.05) is 55.7 Å². The summed E-state index contributed by atoms with van der Waals surface area (Å²) in [4.78, 5) is 9.50. The van der Waals surface area contributed by atoms with Gasteiger partial charge in [-0.05, 0) is 127 Å². The lowest BCUT2D eigenvalue weighted by Crippen LogP contribution is -2.60. The van der Waals surface area contributed by atoms with Gasteiger partial charge in [-0.3, -0.25) is 0 Å². The summed E-state index contributed by atoms with van der Waals surface area (Å²) in [5, 5.41) is 21.0. The third kappa shape index (κ3) is 7.34. The first-order valence-corrected chi connectivity index (χ1v) is 16.4. The van der Waals surface area contributed by atoms with E-state index in [0.29, 0.717) is 5.92 Å². The van der Waals surface area contributed by atoms with Gasteiger partial charge in [0.1, 0.15) is 5.82 Å². The monoisotopic (exact) mass is 603 g/mol. The molecular weight excluding hydrogens is 549 g/mol. The summed E-state index contributed by atoms with van der Waals surface area (Å²) in [5.41, 5.74) is 12.6. The molecular formula is C38H54FN3O2. The van der Waals surface area contributed by atoms with Crippen LogP contribution in [0.4, 0.5) is 10.3 Å². The Morgan fingerprint density at radius 2 is 1.52 bits per heavy atom. The zero-order chi connectivity index (χ0) is 32.3. The van der Waals surface area contributed by atoms with Crippen LogP contribution in [-0.2, 0) is 11.8 Å². The number of nitrogens with two attached hydrogens (primary N) is 1. The van der Waals surface area contributed by atoms with Crippen LogP contribution in [0.3, 0.4) is 0 Å². The van der Waals surface area contributed by atoms with Crippen LogP contribution in [-0.4, -0.2) is 32.4 Å². The van der Waals surface area contributed by atoms with Gasteiger partial charge in [-0.25, -0.2) is 14.4 Å². The molecule has 1 fully saturated rings. The highest BCUT2D eigenvalue weighted by Crippen LogP contribution is 2.62. The minimum atomic E-state index is -0.770. The molecule has 0 saturated heterocycles. The number of allylic oxidation sites excluding steroid dienone is 5. The number of nitrogens with zero attached hydrogens (tertiary/aromatic N) is 2. The quantitative estimate of drug-likeness (QED) is 0.224. The molecule has 4 N–H and O–H groups in total. The second-order valence-corrected chi connectivity index (χ2v) is 14.6. The van der Waals surface area contributed by atoms with E-state index in [-0.39, 0.29) is 35.1 Å². The molecule has 0 radical (unpaired) electrons. The molecule has 5 nitrogen and oxygen atoms in total. The smallest absolute Gasteiger partial charge is 0.220 e. The van der Waals surface area contributed by atoms with Crippen LogP contribution in [0.5, 0.6) is 0 Å². The largest absolute Gasteiger partial charge is 0.392 e. The Balaban J connectivity index is 1.54. The standard InChI is InChI=1S/C38H54FN3O2/c1-25(13-9-15-27(3)24-43)11-8-12-26(2)14-10-16-32-37(6)23-30-33(28-17-19-29(39)20-18-28)41-35(40)42-34(30)36(4,5)31(37)21-22-38(32,7)44/h11,14-15,17-20,31-32,43-44H,8-10,12-13,16,21-24H2,1-7H3,(H2,40,41,42)/b25-11+,26-14+,27-15+/t31-,32+,37-,38+/m0/s1. The minimum Gasteiger partial charge on any atom is -0.392 e. The minimum absolute atomic E-state index is 0.0985. The topological polar surface area (TPSA) is 92.3 Å². The van der Waals surface area contributed by atoms with Crippen molar-refractivity contribution >= 4 is 5.95 Å². The first-order chi connectivity index (χ1) is 20.7. The lowest BCUT2D eigenvalue weighted by molar-refractivity contribution is -0.144. The Labute approximate surface area is 264 Å². The molecule has 6 heteroatoms. The molecule has 1 aromatic heterocycles. The van der Waals surface area contributed by atoms with Crippen LogP contribution < -0.4 is 5.73 Å². The Morgan fingerprint density at radius 3 is 2.14 bits per heavy atom. The lowest BCUT2D eigenvalue weighted by atomic mass is 9.44. The fraction of sp³-hybridized carbons (Fsp3) is 0.579. The van der Waals surface area contributed by atoms with Gasteiger partial charge in [0.25, 0.3) is 0 Å². The molecule has 0 unspecified atom stereocenters. The summed E-state index contributed by atoms with van der Waals surface area (Å²) in [5.74, 6) is 0.397. The van der Waals surface area contributed by atoms with E-state index in [1.807, 2.05) is 13.8 Å². The molecule has 4 atom stereocenters. The average molecular weight is 604 g/mol. The van der Waals surface area contributed by atoms with E-state index in [4.69, 9.17) is 20.8 Å². The van der Waals surface area contributed by atoms with Crippen molar-refractivity contribution in [3.8, 4) is 11.3 Å². The number of nitrogen functional groups attached to an aromatic ring is 1. The van der Waals surface area contributed by atoms with Gasteiger partial charge in [-0.15, -0.1) is 0 Å². The van der Waals surface area contributed by atoms with Gasteiger partial charge in [0.2, 0.25) is 5.95 Å². The van der Waals surface area contributed by atoms with E-state index in [1.165, 1.54) is 23.3 Å². The number of fused-ring (bicyclic) bond motifs is 2. The van der Waals surface area contributed by atoms with Gasteiger partial charge in [0.15, 0.2) is 0 Å². The van der Waals surface area contributed by atoms with Gasteiger partial charge in [-0.2, -0.15) is 0 Å². The molecule has 1 saturated carbocycles. The predicted molar refractivity (Wildman–Crippen MR) is 180 cm³/mol. The average Bonchev–Trinajstić information content (AvgIpc) is 2.95. The van der Waals surface area contributed by atoms with Crippen molar-refractivity contribution in [3.05, 3.63) is 76.3 Å². The van der Waals surface area contributed by atoms with Gasteiger partial charge in [0, 0.05) is 16.5 Å². The van der Waals surface area contributed by atoms with Crippen molar-refractivity contribution < 1.29 is 14.6 Å². The Bertz CT molecular complexity index is 1410. The second-order valence-electron chi connectivity index (χ2n) is 14.6. The lowest BCUT2D eigenvalue weighted by Gasteiger charge is -2.61. The second kappa shape index (κ2) is 13.7. The number of aromatic nitrogens is 2. The van der Waals surface area contributed by atoms with Crippen LogP contribution in [0.15, 0.2) is 59.2 Å². The fourth-order valence-corrected chi connectivity index (χ4v) is 8.42. The first kappa shape index (κ1) is 34.1. The van der Waals surface area contributed by atoms with Crippen LogP contribution >= 0.6 is 0 Å². The molecule has 1 aromatic carbocycles. The maximum absolute atomic E-state index is 13.8. The van der Waals surface area contributed by atoms with Gasteiger partial charge in [0.05, 0.1) is 23.6 Å². The van der Waals surface area contributed by atoms with Crippen LogP contribution in [0.2, 0.25) is 0 Å². The van der Waals surface area contributed by atoms with Crippen molar-refractivity contribution in [1.29, 1.82) is 0 Å². The molecule has 2 aromatic rings. The van der Waals surface area contributed by atoms with Crippen LogP contribution in [0.1, 0.15) is 111 Å². The molecule has 2 aliphatic carbocycles. The highest BCUT2D eigenvalue weighted by Gasteiger charge is 2.60. The van der Waals surface area contributed by atoms with E-state index >= 15 is 0 Å². The molecule has 0 amide bonds. The SMILES string of the molecule is C/C(=C\CC/C(C)=C/CC/C(C)=C/CC[C@@H]1[C@@]2(C)Cc3c(-c4ccc(F)cc4)nc(N)nc3C(C)(C)[C@@H]2CC[C@@]1(C)O)CO. The number of anilines is 1. The Kier molecular flexibility index (Phi) is 10.6. The summed E-state index contributed by atoms with van der Waals surface area (Å²) >= 11 is 0. The number of aliphatic hydroxyl groups excluding tert-OH is 1. The zero-order valence-corrected chi connectivity index (χ0v) is 28.0. The highest BCUT2D eigenvalue weighted by atomic mass is 19.1. The van der Waals surface area contributed by atoms with Gasteiger partial charge < -0.3 is 15.9 Å². The van der Waals surface area contributed by atoms with E-state index < -0.39 is 5.60 Å². The number of halogens is 1. The highest BCUT2D eigenvalue weighted by molar-refractivity contribution is 5.66. The van der Waals surface area contributed by atoms with Crippen molar-refractivity contribution in [3.63, 3.8) is 0 Å². The Morgan fingerprint density at radius 1 is 0.932 bits per heavy atom. The number of hydrogen-bond acceptors (Lipinski definition) is 5. The predicted octanol–water partition coefficient (Wildman–Crippen LogP) is 8.65. The summed E-state index contributed by atoms with van der Waals surface area (Å²) in [6.07, 6.45) is 15.2. The molecule has 0 spiro atoms. The molecule has 1 heterocycles. The van der Waals surface area contributed by atoms with Crippen LogP contribution in [0, 0.1) is 23.1 Å². The van der Waals surface area contributed by atoms with E-state index in [1.54, 1.807) is 12.1 Å². The first-order valence-electron chi connectivity index (χ1n) is 16.4. The number of aliphatic hydroxyl groups is 2. The van der Waals surface area contributed by atoms with Gasteiger partial charge >= 0.3 is 0 Å². The summed E-state index contributed by atoms with van der Waals surface area (Å²) in [6, 6.07) is 6.48. The molecule has 4 rings (SSSR count). The molecule has 2 aliphatic rings. The van der Waals surface area contributed by atoms with Crippen molar-refractivity contribution in [2.75, 3.05) is 12.3 Å². The molecule has 44 heavy (non-hydrogen) atoms. The summed E-state index contributed by atoms with van der Waals surface area (Å²) in [7, 11) is 0. The number of hydrogen-bond donors (Lipinski definition) is 3. The van der Waals surface area contributed by atoms with Crippen molar-refractivity contribution in [2.24, 2.45) is 17.3 Å².